The molecule has 0 aromatic carbocycles. The van der Waals surface area contributed by atoms with Crippen molar-refractivity contribution >= 4 is 10.0 Å². The molecule has 1 aliphatic heterocycles. The average molecular weight is 308 g/mol. The van der Waals surface area contributed by atoms with Gasteiger partial charge in [0.2, 0.25) is 15.6 Å². The Hall–Kier alpha value is -1.61. The minimum absolute atomic E-state index is 0.152. The van der Waals surface area contributed by atoms with Crippen LogP contribution in [0.15, 0.2) is 39.7 Å². The van der Waals surface area contributed by atoms with Crippen molar-refractivity contribution in [2.75, 3.05) is 13.1 Å². The maximum atomic E-state index is 12.5. The van der Waals surface area contributed by atoms with Gasteiger partial charge in [0.25, 0.3) is 0 Å². The summed E-state index contributed by atoms with van der Waals surface area (Å²) >= 11 is 0. The molecule has 1 aromatic heterocycles. The third kappa shape index (κ3) is 2.93. The van der Waals surface area contributed by atoms with Crippen LogP contribution in [0.25, 0.3) is 0 Å². The maximum Gasteiger partial charge on any atom is 0.412 e. The topological polar surface area (TPSA) is 70.2 Å². The third-order valence-electron chi connectivity index (χ3n) is 2.93. The summed E-state index contributed by atoms with van der Waals surface area (Å²) in [6.07, 6.45) is -2.91. The molecule has 9 heteroatoms. The lowest BCUT2D eigenvalue weighted by Gasteiger charge is -2.26. The number of halogens is 3. The molecule has 1 aromatic rings. The van der Waals surface area contributed by atoms with Crippen molar-refractivity contribution in [1.82, 2.24) is 9.29 Å². The first-order chi connectivity index (χ1) is 9.21. The molecule has 5 nitrogen and oxygen atoms in total. The van der Waals surface area contributed by atoms with E-state index in [9.17, 15) is 26.4 Å². The molecule has 0 atom stereocenters. The summed E-state index contributed by atoms with van der Waals surface area (Å²) in [5.41, 5.74) is -1.17. The van der Waals surface area contributed by atoms with Crippen LogP contribution >= 0.6 is 0 Å². The monoisotopic (exact) mass is 308 g/mol. The molecule has 0 bridgehead atoms. The van der Waals surface area contributed by atoms with Crippen molar-refractivity contribution in [3.63, 3.8) is 0 Å². The number of rotatable bonds is 2. The summed E-state index contributed by atoms with van der Waals surface area (Å²) in [5.74, 6) is 0. The lowest BCUT2D eigenvalue weighted by molar-refractivity contribution is -0.0953. The minimum atomic E-state index is -4.42. The fourth-order valence-electron chi connectivity index (χ4n) is 1.83. The molecular formula is C11H11F3N2O3S. The highest BCUT2D eigenvalue weighted by atomic mass is 32.2. The highest BCUT2D eigenvalue weighted by Gasteiger charge is 2.37. The van der Waals surface area contributed by atoms with Crippen molar-refractivity contribution in [1.29, 1.82) is 0 Å². The fourth-order valence-corrected chi connectivity index (χ4v) is 3.18. The second kappa shape index (κ2) is 5.06. The van der Waals surface area contributed by atoms with Crippen LogP contribution in [0.3, 0.4) is 0 Å². The van der Waals surface area contributed by atoms with Gasteiger partial charge < -0.3 is 4.98 Å². The minimum Gasteiger partial charge on any atom is -0.328 e. The summed E-state index contributed by atoms with van der Waals surface area (Å²) < 4.78 is 62.6. The Kier molecular flexibility index (Phi) is 3.74. The first-order valence-electron chi connectivity index (χ1n) is 5.66. The number of nitrogens with one attached hydrogen (secondary N) is 1. The number of hydrogen-bond acceptors (Lipinski definition) is 3. The molecular weight excluding hydrogens is 297 g/mol. The van der Waals surface area contributed by atoms with Gasteiger partial charge in [-0.05, 0) is 12.5 Å². The number of H-pyrrole nitrogens is 1. The molecule has 0 saturated carbocycles. The van der Waals surface area contributed by atoms with Gasteiger partial charge in [0, 0.05) is 30.9 Å². The second-order valence-electron chi connectivity index (χ2n) is 4.23. The predicted molar refractivity (Wildman–Crippen MR) is 64.6 cm³/mol. The van der Waals surface area contributed by atoms with Crippen LogP contribution in [-0.2, 0) is 10.0 Å². The summed E-state index contributed by atoms with van der Waals surface area (Å²) in [4.78, 5) is 12.9. The van der Waals surface area contributed by atoms with E-state index in [0.717, 1.165) is 28.7 Å². The molecule has 20 heavy (non-hydrogen) atoms. The Balaban J connectivity index is 2.23. The van der Waals surface area contributed by atoms with Gasteiger partial charge in [-0.15, -0.1) is 0 Å². The van der Waals surface area contributed by atoms with E-state index in [1.165, 1.54) is 0 Å². The van der Waals surface area contributed by atoms with E-state index in [-0.39, 0.29) is 24.4 Å². The zero-order chi connectivity index (χ0) is 15.0. The summed E-state index contributed by atoms with van der Waals surface area (Å²) in [6, 6.07) is 2.17. The molecule has 2 rings (SSSR count). The van der Waals surface area contributed by atoms with Gasteiger partial charge in [-0.2, -0.15) is 17.5 Å². The molecule has 0 radical (unpaired) electrons. The lowest BCUT2D eigenvalue weighted by Crippen LogP contribution is -2.37. The molecule has 0 saturated heterocycles. The van der Waals surface area contributed by atoms with E-state index >= 15 is 0 Å². The maximum absolute atomic E-state index is 12.5. The molecule has 0 fully saturated rings. The van der Waals surface area contributed by atoms with E-state index in [0.29, 0.717) is 0 Å². The van der Waals surface area contributed by atoms with Gasteiger partial charge in [0.1, 0.15) is 0 Å². The van der Waals surface area contributed by atoms with Crippen molar-refractivity contribution < 1.29 is 21.6 Å². The highest BCUT2D eigenvalue weighted by Crippen LogP contribution is 2.31. The smallest absolute Gasteiger partial charge is 0.328 e. The number of hydrogen-bond donors (Lipinski definition) is 1. The Bertz CT molecular complexity index is 671. The lowest BCUT2D eigenvalue weighted by atomic mass is 10.1. The standard InChI is InChI=1S/C11H11F3N2O3S/c12-11(13,14)8-3-5-16(6-4-8)20(18,19)9-1-2-10(17)15-7-9/h1-3,7H,4-6H2,(H,15,17). The van der Waals surface area contributed by atoms with Crippen LogP contribution < -0.4 is 5.56 Å². The number of sulfonamides is 1. The van der Waals surface area contributed by atoms with Gasteiger partial charge in [-0.3, -0.25) is 4.79 Å². The first kappa shape index (κ1) is 14.8. The number of nitrogens with zero attached hydrogens (tertiary/aromatic N) is 1. The number of alkyl halides is 3. The van der Waals surface area contributed by atoms with Crippen LogP contribution in [0, 0.1) is 0 Å². The Morgan fingerprint density at radius 1 is 1.25 bits per heavy atom. The Morgan fingerprint density at radius 2 is 1.95 bits per heavy atom. The number of aromatic amines is 1. The van der Waals surface area contributed by atoms with Gasteiger partial charge in [-0.25, -0.2) is 8.42 Å². The molecule has 2 heterocycles. The first-order valence-corrected chi connectivity index (χ1v) is 7.10. The van der Waals surface area contributed by atoms with Crippen LogP contribution in [0.2, 0.25) is 0 Å². The van der Waals surface area contributed by atoms with Gasteiger partial charge in [0.05, 0.1) is 4.90 Å². The van der Waals surface area contributed by atoms with Crippen LogP contribution in [-0.4, -0.2) is 37.0 Å². The van der Waals surface area contributed by atoms with E-state index in [1.54, 1.807) is 0 Å². The van der Waals surface area contributed by atoms with E-state index < -0.39 is 27.3 Å². The third-order valence-corrected chi connectivity index (χ3v) is 4.79. The zero-order valence-electron chi connectivity index (χ0n) is 10.1. The van der Waals surface area contributed by atoms with E-state index in [2.05, 4.69) is 4.98 Å². The molecule has 0 amide bonds. The fraction of sp³-hybridized carbons (Fsp3) is 0.364. The van der Waals surface area contributed by atoms with Crippen LogP contribution in [0.4, 0.5) is 13.2 Å². The molecule has 0 unspecified atom stereocenters. The number of aromatic nitrogens is 1. The summed E-state index contributed by atoms with van der Waals surface area (Å²) in [6.45, 7) is -0.580. The van der Waals surface area contributed by atoms with Gasteiger partial charge in [-0.1, -0.05) is 6.08 Å². The van der Waals surface area contributed by atoms with Gasteiger partial charge in [0.15, 0.2) is 0 Å². The van der Waals surface area contributed by atoms with Crippen molar-refractivity contribution in [3.8, 4) is 0 Å². The largest absolute Gasteiger partial charge is 0.412 e. The quantitative estimate of drug-likeness (QED) is 0.836. The molecule has 0 spiro atoms. The summed E-state index contributed by atoms with van der Waals surface area (Å²) in [5, 5.41) is 0. The van der Waals surface area contributed by atoms with E-state index in [4.69, 9.17) is 0 Å². The Labute approximate surface area is 112 Å². The number of pyridine rings is 1. The molecule has 1 aliphatic rings. The highest BCUT2D eigenvalue weighted by molar-refractivity contribution is 7.89. The zero-order valence-corrected chi connectivity index (χ0v) is 11.0. The average Bonchev–Trinajstić information content (AvgIpc) is 2.38. The van der Waals surface area contributed by atoms with Crippen molar-refractivity contribution in [2.24, 2.45) is 0 Å². The van der Waals surface area contributed by atoms with Crippen LogP contribution in [0.5, 0.6) is 0 Å². The SMILES string of the molecule is O=c1ccc(S(=O)(=O)N2CC=C(C(F)(F)F)CC2)c[nH]1. The van der Waals surface area contributed by atoms with Crippen LogP contribution in [0.1, 0.15) is 6.42 Å². The Morgan fingerprint density at radius 3 is 2.40 bits per heavy atom. The van der Waals surface area contributed by atoms with E-state index in [1.807, 2.05) is 0 Å². The van der Waals surface area contributed by atoms with Crippen molar-refractivity contribution in [3.05, 3.63) is 40.3 Å². The van der Waals surface area contributed by atoms with Gasteiger partial charge >= 0.3 is 6.18 Å². The predicted octanol–water partition coefficient (Wildman–Crippen LogP) is 1.26. The van der Waals surface area contributed by atoms with Crippen molar-refractivity contribution in [2.45, 2.75) is 17.5 Å². The second-order valence-corrected chi connectivity index (χ2v) is 6.17. The molecule has 1 N–H and O–H groups in total. The molecule has 110 valence electrons. The summed E-state index contributed by atoms with van der Waals surface area (Å²) in [7, 11) is -3.90. The molecule has 0 aliphatic carbocycles. The normalized spacial score (nSPS) is 17.9.